The third-order valence-electron chi connectivity index (χ3n) is 2.59. The van der Waals surface area contributed by atoms with Crippen LogP contribution in [-0.4, -0.2) is 9.78 Å². The van der Waals surface area contributed by atoms with Gasteiger partial charge in [0.1, 0.15) is 0 Å². The van der Waals surface area contributed by atoms with E-state index in [9.17, 15) is 0 Å². The number of nitrogens with two attached hydrogens (primary N) is 1. The molecule has 0 atom stereocenters. The lowest BCUT2D eigenvalue weighted by Crippen LogP contribution is -2.18. The van der Waals surface area contributed by atoms with Gasteiger partial charge in [-0.05, 0) is 18.8 Å². The summed E-state index contributed by atoms with van der Waals surface area (Å²) in [4.78, 5) is 0. The molecule has 1 aliphatic carbocycles. The van der Waals surface area contributed by atoms with E-state index < -0.39 is 0 Å². The second kappa shape index (κ2) is 4.63. The summed E-state index contributed by atoms with van der Waals surface area (Å²) in [6.45, 7) is 1.69. The first-order valence-electron chi connectivity index (χ1n) is 4.60. The molecule has 1 heterocycles. The Hall–Kier alpha value is -0.540. The molecule has 0 aliphatic heterocycles. The molecule has 1 aliphatic rings. The zero-order chi connectivity index (χ0) is 8.39. The minimum absolute atomic E-state index is 0. The molecular formula is C9H16ClN3. The minimum atomic E-state index is 0. The average molecular weight is 202 g/mol. The fraction of sp³-hybridized carbons (Fsp3) is 0.667. The lowest BCUT2D eigenvalue weighted by molar-refractivity contribution is 0.266. The second-order valence-corrected chi connectivity index (χ2v) is 3.57. The van der Waals surface area contributed by atoms with Crippen molar-refractivity contribution in [1.82, 2.24) is 9.78 Å². The smallest absolute Gasteiger partial charge is 0.0534 e. The molecule has 1 aromatic rings. The summed E-state index contributed by atoms with van der Waals surface area (Å²) in [5.74, 6) is 0.871. The van der Waals surface area contributed by atoms with Crippen molar-refractivity contribution in [2.24, 2.45) is 11.7 Å². The molecule has 0 saturated heterocycles. The molecule has 2 rings (SSSR count). The minimum Gasteiger partial charge on any atom is -0.326 e. The third-order valence-corrected chi connectivity index (χ3v) is 2.59. The molecule has 0 radical (unpaired) electrons. The van der Waals surface area contributed by atoms with E-state index in [0.29, 0.717) is 6.54 Å². The predicted molar refractivity (Wildman–Crippen MR) is 54.7 cm³/mol. The van der Waals surface area contributed by atoms with Crippen molar-refractivity contribution in [2.75, 3.05) is 0 Å². The maximum absolute atomic E-state index is 5.49. The van der Waals surface area contributed by atoms with Crippen LogP contribution in [-0.2, 0) is 13.1 Å². The summed E-state index contributed by atoms with van der Waals surface area (Å²) in [5.41, 5.74) is 6.62. The number of aromatic nitrogens is 2. The Kier molecular flexibility index (Phi) is 3.75. The van der Waals surface area contributed by atoms with Crippen molar-refractivity contribution in [3.63, 3.8) is 0 Å². The number of hydrogen-bond donors (Lipinski definition) is 1. The molecule has 3 nitrogen and oxygen atoms in total. The number of hydrogen-bond acceptors (Lipinski definition) is 2. The highest BCUT2D eigenvalue weighted by Gasteiger charge is 2.17. The standard InChI is InChI=1S/C9H15N3.ClH/c10-4-9-5-11-12(7-9)6-8-2-1-3-8;/h5,7-8H,1-4,6,10H2;1H. The van der Waals surface area contributed by atoms with Crippen molar-refractivity contribution >= 4 is 12.4 Å². The first-order chi connectivity index (χ1) is 5.88. The van der Waals surface area contributed by atoms with Gasteiger partial charge in [0.05, 0.1) is 6.20 Å². The van der Waals surface area contributed by atoms with Crippen LogP contribution >= 0.6 is 12.4 Å². The zero-order valence-electron chi connectivity index (χ0n) is 7.65. The van der Waals surface area contributed by atoms with E-state index in [1.165, 1.54) is 19.3 Å². The van der Waals surface area contributed by atoms with Crippen LogP contribution in [0, 0.1) is 5.92 Å². The van der Waals surface area contributed by atoms with Crippen LogP contribution < -0.4 is 5.73 Å². The highest BCUT2D eigenvalue weighted by atomic mass is 35.5. The summed E-state index contributed by atoms with van der Waals surface area (Å²) < 4.78 is 2.02. The van der Waals surface area contributed by atoms with E-state index in [1.807, 2.05) is 10.9 Å². The third kappa shape index (κ3) is 2.45. The van der Waals surface area contributed by atoms with Crippen molar-refractivity contribution in [1.29, 1.82) is 0 Å². The van der Waals surface area contributed by atoms with Crippen molar-refractivity contribution in [3.05, 3.63) is 18.0 Å². The van der Waals surface area contributed by atoms with Gasteiger partial charge in [0.15, 0.2) is 0 Å². The van der Waals surface area contributed by atoms with E-state index in [1.54, 1.807) is 0 Å². The summed E-state index contributed by atoms with van der Waals surface area (Å²) in [5, 5.41) is 4.25. The lowest BCUT2D eigenvalue weighted by Gasteiger charge is -2.24. The van der Waals surface area contributed by atoms with Gasteiger partial charge in [0, 0.05) is 24.8 Å². The predicted octanol–water partition coefficient (Wildman–Crippen LogP) is 1.56. The zero-order valence-corrected chi connectivity index (χ0v) is 8.46. The van der Waals surface area contributed by atoms with Gasteiger partial charge < -0.3 is 5.73 Å². The normalized spacial score (nSPS) is 16.4. The van der Waals surface area contributed by atoms with E-state index in [4.69, 9.17) is 5.73 Å². The Bertz CT molecular complexity index is 255. The molecule has 2 N–H and O–H groups in total. The van der Waals surface area contributed by atoms with Crippen molar-refractivity contribution in [3.8, 4) is 0 Å². The summed E-state index contributed by atoms with van der Waals surface area (Å²) in [6.07, 6.45) is 8.06. The highest BCUT2D eigenvalue weighted by Crippen LogP contribution is 2.27. The summed E-state index contributed by atoms with van der Waals surface area (Å²) in [7, 11) is 0. The molecule has 1 saturated carbocycles. The SMILES string of the molecule is Cl.NCc1cnn(CC2CCC2)c1. The first-order valence-corrected chi connectivity index (χ1v) is 4.60. The van der Waals surface area contributed by atoms with Gasteiger partial charge in [-0.2, -0.15) is 5.10 Å². The molecular weight excluding hydrogens is 186 g/mol. The Balaban J connectivity index is 0.000000845. The van der Waals surface area contributed by atoms with E-state index in [-0.39, 0.29) is 12.4 Å². The fourth-order valence-corrected chi connectivity index (χ4v) is 1.55. The Morgan fingerprint density at radius 3 is 2.77 bits per heavy atom. The maximum Gasteiger partial charge on any atom is 0.0534 e. The Morgan fingerprint density at radius 2 is 2.31 bits per heavy atom. The van der Waals surface area contributed by atoms with Gasteiger partial charge in [0.2, 0.25) is 0 Å². The monoisotopic (exact) mass is 201 g/mol. The average Bonchev–Trinajstić information content (AvgIpc) is 2.44. The Morgan fingerprint density at radius 1 is 1.54 bits per heavy atom. The molecule has 0 bridgehead atoms. The molecule has 4 heteroatoms. The molecule has 1 aromatic heterocycles. The fourth-order valence-electron chi connectivity index (χ4n) is 1.55. The van der Waals surface area contributed by atoms with E-state index >= 15 is 0 Å². The van der Waals surface area contributed by atoms with E-state index in [2.05, 4.69) is 11.3 Å². The van der Waals surface area contributed by atoms with Crippen LogP contribution in [0.4, 0.5) is 0 Å². The summed E-state index contributed by atoms with van der Waals surface area (Å²) in [6, 6.07) is 0. The second-order valence-electron chi connectivity index (χ2n) is 3.57. The van der Waals surface area contributed by atoms with Crippen LogP contribution in [0.15, 0.2) is 12.4 Å². The van der Waals surface area contributed by atoms with Crippen molar-refractivity contribution < 1.29 is 0 Å². The molecule has 13 heavy (non-hydrogen) atoms. The van der Waals surface area contributed by atoms with Gasteiger partial charge in [-0.3, -0.25) is 4.68 Å². The van der Waals surface area contributed by atoms with Crippen LogP contribution in [0.1, 0.15) is 24.8 Å². The Labute approximate surface area is 84.7 Å². The van der Waals surface area contributed by atoms with Crippen LogP contribution in [0.5, 0.6) is 0 Å². The van der Waals surface area contributed by atoms with Gasteiger partial charge in [-0.25, -0.2) is 0 Å². The maximum atomic E-state index is 5.49. The molecule has 1 fully saturated rings. The van der Waals surface area contributed by atoms with Crippen molar-refractivity contribution in [2.45, 2.75) is 32.4 Å². The largest absolute Gasteiger partial charge is 0.326 e. The van der Waals surface area contributed by atoms with E-state index in [0.717, 1.165) is 18.0 Å². The van der Waals surface area contributed by atoms with Crippen LogP contribution in [0.2, 0.25) is 0 Å². The van der Waals surface area contributed by atoms with Gasteiger partial charge in [-0.15, -0.1) is 12.4 Å². The number of rotatable bonds is 3. The first kappa shape index (κ1) is 10.5. The van der Waals surface area contributed by atoms with Gasteiger partial charge >= 0.3 is 0 Å². The summed E-state index contributed by atoms with van der Waals surface area (Å²) >= 11 is 0. The van der Waals surface area contributed by atoms with Crippen LogP contribution in [0.25, 0.3) is 0 Å². The molecule has 0 amide bonds. The molecule has 0 aromatic carbocycles. The highest BCUT2D eigenvalue weighted by molar-refractivity contribution is 5.85. The quantitative estimate of drug-likeness (QED) is 0.807. The molecule has 0 unspecified atom stereocenters. The van der Waals surface area contributed by atoms with Gasteiger partial charge in [-0.1, -0.05) is 6.42 Å². The number of halogens is 1. The van der Waals surface area contributed by atoms with Gasteiger partial charge in [0.25, 0.3) is 0 Å². The molecule has 0 spiro atoms. The molecule has 74 valence electrons. The van der Waals surface area contributed by atoms with Crippen LogP contribution in [0.3, 0.4) is 0 Å². The lowest BCUT2D eigenvalue weighted by atomic mass is 9.85. The topological polar surface area (TPSA) is 43.8 Å². The number of nitrogens with zero attached hydrogens (tertiary/aromatic N) is 2.